The van der Waals surface area contributed by atoms with Crippen molar-refractivity contribution in [3.05, 3.63) is 64.7 Å². The van der Waals surface area contributed by atoms with E-state index < -0.39 is 6.04 Å². The Morgan fingerprint density at radius 2 is 1.67 bits per heavy atom. The molecule has 1 atom stereocenters. The number of carbonyl (C=O) groups excluding carboxylic acids is 2. The van der Waals surface area contributed by atoms with Gasteiger partial charge in [0.05, 0.1) is 24.7 Å². The van der Waals surface area contributed by atoms with E-state index in [9.17, 15) is 14.9 Å². The van der Waals surface area contributed by atoms with Gasteiger partial charge in [-0.2, -0.15) is 5.26 Å². The number of benzene rings is 2. The number of rotatable bonds is 7. The molecule has 0 bridgehead atoms. The molecule has 1 unspecified atom stereocenters. The molecule has 1 heterocycles. The van der Waals surface area contributed by atoms with Crippen molar-refractivity contribution >= 4 is 17.6 Å². The van der Waals surface area contributed by atoms with Crippen LogP contribution in [-0.2, 0) is 20.9 Å². The van der Waals surface area contributed by atoms with Crippen LogP contribution in [0, 0.1) is 25.2 Å². The quantitative estimate of drug-likeness (QED) is 0.494. The van der Waals surface area contributed by atoms with Gasteiger partial charge in [-0.05, 0) is 75.3 Å². The number of quaternary nitrogens is 1. The number of likely N-dealkylation sites (tertiary alicyclic amines) is 1. The van der Waals surface area contributed by atoms with Gasteiger partial charge in [-0.1, -0.05) is 30.3 Å². The minimum absolute atomic E-state index is 0.108. The predicted octanol–water partition coefficient (Wildman–Crippen LogP) is 4.64. The molecule has 1 amide bonds. The van der Waals surface area contributed by atoms with Gasteiger partial charge in [0.2, 0.25) is 0 Å². The van der Waals surface area contributed by atoms with Gasteiger partial charge in [0, 0.05) is 5.69 Å². The fourth-order valence-electron chi connectivity index (χ4n) is 4.74. The van der Waals surface area contributed by atoms with Crippen molar-refractivity contribution < 1.29 is 18.8 Å². The highest BCUT2D eigenvalue weighted by atomic mass is 16.5. The summed E-state index contributed by atoms with van der Waals surface area (Å²) in [5.41, 5.74) is 3.98. The lowest BCUT2D eigenvalue weighted by Crippen LogP contribution is -2.61. The zero-order chi connectivity index (χ0) is 23.8. The van der Waals surface area contributed by atoms with Crippen LogP contribution in [0.4, 0.5) is 5.69 Å². The van der Waals surface area contributed by atoms with E-state index in [1.54, 1.807) is 12.1 Å². The van der Waals surface area contributed by atoms with Crippen molar-refractivity contribution in [2.24, 2.45) is 0 Å². The van der Waals surface area contributed by atoms with Crippen molar-refractivity contribution in [3.8, 4) is 6.07 Å². The molecule has 6 nitrogen and oxygen atoms in total. The van der Waals surface area contributed by atoms with Crippen molar-refractivity contribution in [1.82, 2.24) is 0 Å². The number of aryl methyl sites for hydroxylation is 2. The summed E-state index contributed by atoms with van der Waals surface area (Å²) in [6, 6.07) is 15.0. The van der Waals surface area contributed by atoms with Crippen molar-refractivity contribution in [3.63, 3.8) is 0 Å². The van der Waals surface area contributed by atoms with Gasteiger partial charge in [-0.15, -0.1) is 0 Å². The topological polar surface area (TPSA) is 79.2 Å². The summed E-state index contributed by atoms with van der Waals surface area (Å²) >= 11 is 0. The van der Waals surface area contributed by atoms with Crippen molar-refractivity contribution in [1.29, 1.82) is 5.26 Å². The molecule has 33 heavy (non-hydrogen) atoms. The summed E-state index contributed by atoms with van der Waals surface area (Å²) in [5, 5.41) is 12.3. The van der Waals surface area contributed by atoms with Crippen molar-refractivity contribution in [2.75, 3.05) is 25.0 Å². The lowest BCUT2D eigenvalue weighted by atomic mass is 10.0. The van der Waals surface area contributed by atoms with E-state index in [0.717, 1.165) is 61.2 Å². The van der Waals surface area contributed by atoms with Crippen LogP contribution in [0.3, 0.4) is 0 Å². The number of nitrogens with one attached hydrogen (secondary N) is 1. The van der Waals surface area contributed by atoms with Gasteiger partial charge >= 0.3 is 5.97 Å². The average molecular weight is 449 g/mol. The Hall–Kier alpha value is -3.17. The standard InChI is InChI=1S/C27H33N3O3/c1-20-15-24(17-28)16-21(2)26(20)29-27(32)22(3)30(13-9-4-5-10-14-30)18-25(31)33-19-23-11-7-6-8-12-23/h6-8,11-12,15-16,22H,4-5,9-10,13-14,18-19H2,1-3H3/p+1. The van der Waals surface area contributed by atoms with E-state index in [0.29, 0.717) is 10.0 Å². The number of nitriles is 1. The van der Waals surface area contributed by atoms with Crippen LogP contribution < -0.4 is 5.32 Å². The maximum atomic E-state index is 13.4. The molecule has 1 aliphatic heterocycles. The first kappa shape index (κ1) is 24.5. The smallest absolute Gasteiger partial charge is 0.362 e. The van der Waals surface area contributed by atoms with Gasteiger partial charge in [-0.3, -0.25) is 4.79 Å². The number of esters is 1. The lowest BCUT2D eigenvalue weighted by Gasteiger charge is -2.41. The third-order valence-corrected chi connectivity index (χ3v) is 6.75. The lowest BCUT2D eigenvalue weighted by molar-refractivity contribution is -0.933. The normalized spacial score (nSPS) is 16.2. The minimum Gasteiger partial charge on any atom is -0.457 e. The predicted molar refractivity (Wildman–Crippen MR) is 128 cm³/mol. The van der Waals surface area contributed by atoms with Gasteiger partial charge in [0.15, 0.2) is 12.6 Å². The largest absolute Gasteiger partial charge is 0.457 e. The molecule has 0 aliphatic carbocycles. The van der Waals surface area contributed by atoms with E-state index in [-0.39, 0.29) is 25.0 Å². The Morgan fingerprint density at radius 3 is 2.24 bits per heavy atom. The zero-order valence-corrected chi connectivity index (χ0v) is 19.9. The maximum absolute atomic E-state index is 13.4. The van der Waals surface area contributed by atoms with E-state index >= 15 is 0 Å². The number of anilines is 1. The highest BCUT2D eigenvalue weighted by Crippen LogP contribution is 2.26. The maximum Gasteiger partial charge on any atom is 0.362 e. The van der Waals surface area contributed by atoms with Crippen LogP contribution in [-0.4, -0.2) is 42.0 Å². The third-order valence-electron chi connectivity index (χ3n) is 6.75. The number of nitrogens with zero attached hydrogens (tertiary/aromatic N) is 2. The first-order valence-electron chi connectivity index (χ1n) is 11.7. The Morgan fingerprint density at radius 1 is 1.06 bits per heavy atom. The Balaban J connectivity index is 1.75. The van der Waals surface area contributed by atoms with Crippen LogP contribution in [0.5, 0.6) is 0 Å². The second-order valence-electron chi connectivity index (χ2n) is 9.15. The molecule has 1 aliphatic rings. The van der Waals surface area contributed by atoms with Crippen LogP contribution in [0.25, 0.3) is 0 Å². The van der Waals surface area contributed by atoms with E-state index in [2.05, 4.69) is 11.4 Å². The number of ether oxygens (including phenoxy) is 1. The molecule has 0 radical (unpaired) electrons. The Bertz CT molecular complexity index is 996. The molecule has 1 saturated heterocycles. The fraction of sp³-hybridized carbons (Fsp3) is 0.444. The Kier molecular flexibility index (Phi) is 8.24. The number of carbonyl (C=O) groups is 2. The van der Waals surface area contributed by atoms with Gasteiger partial charge in [-0.25, -0.2) is 4.79 Å². The highest BCUT2D eigenvalue weighted by Gasteiger charge is 2.41. The summed E-state index contributed by atoms with van der Waals surface area (Å²) in [5.74, 6) is -0.380. The van der Waals surface area contributed by atoms with Crippen LogP contribution in [0.15, 0.2) is 42.5 Å². The molecule has 3 rings (SSSR count). The molecule has 0 spiro atoms. The molecule has 6 heteroatoms. The SMILES string of the molecule is Cc1cc(C#N)cc(C)c1NC(=O)C(C)[N+]1(CC(=O)OCc2ccccc2)CCCCCC1. The van der Waals surface area contributed by atoms with Gasteiger partial charge in [0.1, 0.15) is 6.61 Å². The summed E-state index contributed by atoms with van der Waals surface area (Å²) < 4.78 is 6.00. The summed E-state index contributed by atoms with van der Waals surface area (Å²) in [6.07, 6.45) is 4.19. The highest BCUT2D eigenvalue weighted by molar-refractivity contribution is 5.95. The van der Waals surface area contributed by atoms with Crippen LogP contribution in [0.1, 0.15) is 54.9 Å². The Labute approximate surface area is 196 Å². The first-order chi connectivity index (χ1) is 15.8. The van der Waals surface area contributed by atoms with Crippen LogP contribution >= 0.6 is 0 Å². The summed E-state index contributed by atoms with van der Waals surface area (Å²) in [4.78, 5) is 26.3. The molecule has 1 N–H and O–H groups in total. The number of amides is 1. The first-order valence-corrected chi connectivity index (χ1v) is 11.7. The monoisotopic (exact) mass is 448 g/mol. The van der Waals surface area contributed by atoms with E-state index in [1.165, 1.54) is 0 Å². The molecule has 2 aromatic carbocycles. The number of hydrogen-bond donors (Lipinski definition) is 1. The van der Waals surface area contributed by atoms with Gasteiger partial charge in [0.25, 0.3) is 5.91 Å². The van der Waals surface area contributed by atoms with Crippen LogP contribution in [0.2, 0.25) is 0 Å². The molecule has 0 aromatic heterocycles. The fourth-order valence-corrected chi connectivity index (χ4v) is 4.74. The number of hydrogen-bond acceptors (Lipinski definition) is 4. The summed E-state index contributed by atoms with van der Waals surface area (Å²) in [7, 11) is 0. The second kappa shape index (κ2) is 11.1. The second-order valence-corrected chi connectivity index (χ2v) is 9.15. The minimum atomic E-state index is -0.401. The molecular weight excluding hydrogens is 414 g/mol. The summed E-state index contributed by atoms with van der Waals surface area (Å²) in [6.45, 7) is 7.69. The zero-order valence-electron chi connectivity index (χ0n) is 19.9. The molecule has 1 fully saturated rings. The third kappa shape index (κ3) is 6.21. The molecule has 0 saturated carbocycles. The molecule has 2 aromatic rings. The van der Waals surface area contributed by atoms with Gasteiger partial charge < -0.3 is 14.5 Å². The average Bonchev–Trinajstić information content (AvgIpc) is 3.06. The molecule has 174 valence electrons. The molecular formula is C27H34N3O3+. The van der Waals surface area contributed by atoms with Crippen molar-refractivity contribution in [2.45, 2.75) is 59.1 Å². The van der Waals surface area contributed by atoms with E-state index in [1.807, 2.05) is 51.1 Å². The van der Waals surface area contributed by atoms with E-state index in [4.69, 9.17) is 4.74 Å².